The zero-order valence-electron chi connectivity index (χ0n) is 13.5. The van der Waals surface area contributed by atoms with Crippen molar-refractivity contribution in [1.82, 2.24) is 10.6 Å². The van der Waals surface area contributed by atoms with Crippen molar-refractivity contribution in [1.29, 1.82) is 0 Å². The van der Waals surface area contributed by atoms with Gasteiger partial charge < -0.3 is 10.2 Å². The number of amides is 3. The summed E-state index contributed by atoms with van der Waals surface area (Å²) in [5.41, 5.74) is 2.61. The molecule has 21 heavy (non-hydrogen) atoms. The van der Waals surface area contributed by atoms with Crippen LogP contribution < -0.4 is 15.5 Å². The first kappa shape index (κ1) is 17.2. The first-order valence-electron chi connectivity index (χ1n) is 7.14. The van der Waals surface area contributed by atoms with E-state index in [1.54, 1.807) is 0 Å². The maximum Gasteiger partial charge on any atom is 0.321 e. The van der Waals surface area contributed by atoms with E-state index in [1.807, 2.05) is 7.05 Å². The Morgan fingerprint density at radius 2 is 1.71 bits per heavy atom. The summed E-state index contributed by atoms with van der Waals surface area (Å²) in [6, 6.07) is 7.99. The molecule has 1 atom stereocenters. The molecule has 0 aliphatic rings. The van der Waals surface area contributed by atoms with Gasteiger partial charge in [-0.15, -0.1) is 0 Å². The largest absolute Gasteiger partial charge is 0.341 e. The SMILES string of the molecule is CNC(=O)NC(=O)C[NH+](C)Cc1ccc(C(C)(C)C)cc1. The molecule has 5 heteroatoms. The molecule has 0 saturated carbocycles. The van der Waals surface area contributed by atoms with E-state index in [0.717, 1.165) is 11.4 Å². The molecule has 3 N–H and O–H groups in total. The molecule has 0 radical (unpaired) electrons. The van der Waals surface area contributed by atoms with Gasteiger partial charge in [0.05, 0.1) is 7.05 Å². The highest BCUT2D eigenvalue weighted by Gasteiger charge is 2.15. The highest BCUT2D eigenvalue weighted by atomic mass is 16.2. The Labute approximate surface area is 126 Å². The van der Waals surface area contributed by atoms with Crippen LogP contribution in [0.5, 0.6) is 0 Å². The molecule has 0 aliphatic carbocycles. The number of quaternary nitrogens is 1. The second-order valence-corrected chi connectivity index (χ2v) is 6.38. The monoisotopic (exact) mass is 292 g/mol. The number of benzene rings is 1. The van der Waals surface area contributed by atoms with Crippen molar-refractivity contribution >= 4 is 11.9 Å². The molecule has 0 saturated heterocycles. The minimum Gasteiger partial charge on any atom is -0.341 e. The summed E-state index contributed by atoms with van der Waals surface area (Å²) >= 11 is 0. The van der Waals surface area contributed by atoms with Crippen LogP contribution in [0.1, 0.15) is 31.9 Å². The topological polar surface area (TPSA) is 62.6 Å². The van der Waals surface area contributed by atoms with Crippen LogP contribution in [0.2, 0.25) is 0 Å². The Morgan fingerprint density at radius 1 is 1.14 bits per heavy atom. The van der Waals surface area contributed by atoms with E-state index in [2.05, 4.69) is 55.7 Å². The molecule has 5 nitrogen and oxygen atoms in total. The molecule has 0 fully saturated rings. The molecule has 0 spiro atoms. The highest BCUT2D eigenvalue weighted by molar-refractivity contribution is 5.94. The molecule has 3 amide bonds. The third-order valence-corrected chi connectivity index (χ3v) is 3.27. The van der Waals surface area contributed by atoms with Crippen molar-refractivity contribution in [3.63, 3.8) is 0 Å². The van der Waals surface area contributed by atoms with E-state index in [4.69, 9.17) is 0 Å². The number of carbonyl (C=O) groups is 2. The third-order valence-electron chi connectivity index (χ3n) is 3.27. The van der Waals surface area contributed by atoms with Gasteiger partial charge in [-0.2, -0.15) is 0 Å². The fourth-order valence-corrected chi connectivity index (χ4v) is 2.04. The maximum atomic E-state index is 11.6. The Kier molecular flexibility index (Phi) is 5.90. The van der Waals surface area contributed by atoms with E-state index >= 15 is 0 Å². The van der Waals surface area contributed by atoms with E-state index in [0.29, 0.717) is 0 Å². The second-order valence-electron chi connectivity index (χ2n) is 6.38. The van der Waals surface area contributed by atoms with Crippen LogP contribution in [0.3, 0.4) is 0 Å². The minimum atomic E-state index is -0.470. The van der Waals surface area contributed by atoms with Gasteiger partial charge in [0.1, 0.15) is 6.54 Å². The predicted octanol–water partition coefficient (Wildman–Crippen LogP) is 0.454. The van der Waals surface area contributed by atoms with Gasteiger partial charge in [0, 0.05) is 12.6 Å². The van der Waals surface area contributed by atoms with Crippen LogP contribution in [0.25, 0.3) is 0 Å². The van der Waals surface area contributed by atoms with Crippen molar-refractivity contribution in [3.05, 3.63) is 35.4 Å². The van der Waals surface area contributed by atoms with Gasteiger partial charge in [-0.05, 0) is 11.0 Å². The summed E-state index contributed by atoms with van der Waals surface area (Å²) in [7, 11) is 3.41. The molecule has 1 aromatic rings. The van der Waals surface area contributed by atoms with E-state index in [9.17, 15) is 9.59 Å². The number of imide groups is 1. The Morgan fingerprint density at radius 3 is 2.19 bits per heavy atom. The first-order chi connectivity index (χ1) is 9.72. The van der Waals surface area contributed by atoms with Crippen molar-refractivity contribution in [2.24, 2.45) is 0 Å². The minimum absolute atomic E-state index is 0.144. The van der Waals surface area contributed by atoms with Gasteiger partial charge in [-0.25, -0.2) is 4.79 Å². The summed E-state index contributed by atoms with van der Waals surface area (Å²) in [6.45, 7) is 7.55. The average molecular weight is 292 g/mol. The standard InChI is InChI=1S/C16H25N3O2/c1-16(2,3)13-8-6-12(7-9-13)10-19(5)11-14(20)18-15(21)17-4/h6-9H,10-11H2,1-5H3,(H2,17,18,20,21)/p+1. The zero-order valence-corrected chi connectivity index (χ0v) is 13.5. The van der Waals surface area contributed by atoms with Crippen molar-refractivity contribution < 1.29 is 14.5 Å². The lowest BCUT2D eigenvalue weighted by Crippen LogP contribution is -3.09. The molecule has 0 aromatic heterocycles. The number of hydrogen-bond acceptors (Lipinski definition) is 2. The molecule has 1 rings (SSSR count). The normalized spacial score (nSPS) is 12.6. The van der Waals surface area contributed by atoms with Gasteiger partial charge in [0.2, 0.25) is 0 Å². The summed E-state index contributed by atoms with van der Waals surface area (Å²) in [4.78, 5) is 23.7. The van der Waals surface area contributed by atoms with Gasteiger partial charge in [0.15, 0.2) is 6.54 Å². The quantitative estimate of drug-likeness (QED) is 0.755. The summed E-state index contributed by atoms with van der Waals surface area (Å²) < 4.78 is 0. The lowest BCUT2D eigenvalue weighted by Gasteiger charge is -2.19. The van der Waals surface area contributed by atoms with Crippen LogP contribution in [0, 0.1) is 0 Å². The molecule has 0 heterocycles. The Balaban J connectivity index is 2.53. The molecule has 0 bridgehead atoms. The van der Waals surface area contributed by atoms with Crippen LogP contribution in [0.15, 0.2) is 24.3 Å². The summed E-state index contributed by atoms with van der Waals surface area (Å²) in [5.74, 6) is -0.279. The van der Waals surface area contributed by atoms with Crippen LogP contribution in [-0.4, -0.2) is 32.6 Å². The number of urea groups is 1. The fourth-order valence-electron chi connectivity index (χ4n) is 2.04. The molecular weight excluding hydrogens is 266 g/mol. The molecule has 116 valence electrons. The van der Waals surface area contributed by atoms with E-state index in [-0.39, 0.29) is 17.9 Å². The number of nitrogens with one attached hydrogen (secondary N) is 3. The predicted molar refractivity (Wildman–Crippen MR) is 83.2 cm³/mol. The summed E-state index contributed by atoms with van der Waals surface area (Å²) in [5, 5.41) is 4.62. The van der Waals surface area contributed by atoms with Gasteiger partial charge in [0.25, 0.3) is 5.91 Å². The van der Waals surface area contributed by atoms with Crippen LogP contribution >= 0.6 is 0 Å². The molecule has 1 unspecified atom stereocenters. The fraction of sp³-hybridized carbons (Fsp3) is 0.500. The number of rotatable bonds is 4. The second kappa shape index (κ2) is 7.22. The Hall–Kier alpha value is -1.88. The lowest BCUT2D eigenvalue weighted by molar-refractivity contribution is -0.885. The van der Waals surface area contributed by atoms with Gasteiger partial charge in [-0.3, -0.25) is 10.1 Å². The number of likely N-dealkylation sites (N-methyl/N-ethyl adjacent to an activating group) is 1. The first-order valence-corrected chi connectivity index (χ1v) is 7.14. The zero-order chi connectivity index (χ0) is 16.0. The van der Waals surface area contributed by atoms with Crippen molar-refractivity contribution in [2.45, 2.75) is 32.7 Å². The molecular formula is C16H26N3O2+. The highest BCUT2D eigenvalue weighted by Crippen LogP contribution is 2.21. The molecule has 0 aliphatic heterocycles. The smallest absolute Gasteiger partial charge is 0.321 e. The van der Waals surface area contributed by atoms with Crippen molar-refractivity contribution in [2.75, 3.05) is 20.6 Å². The number of carbonyl (C=O) groups excluding carboxylic acids is 2. The van der Waals surface area contributed by atoms with Gasteiger partial charge in [-0.1, -0.05) is 45.0 Å². The maximum absolute atomic E-state index is 11.6. The Bertz CT molecular complexity index is 489. The van der Waals surface area contributed by atoms with Gasteiger partial charge >= 0.3 is 6.03 Å². The lowest BCUT2D eigenvalue weighted by atomic mass is 9.87. The molecule has 1 aromatic carbocycles. The van der Waals surface area contributed by atoms with Crippen molar-refractivity contribution in [3.8, 4) is 0 Å². The number of hydrogen-bond donors (Lipinski definition) is 3. The van der Waals surface area contributed by atoms with E-state index in [1.165, 1.54) is 18.2 Å². The van der Waals surface area contributed by atoms with Crippen LogP contribution in [0.4, 0.5) is 4.79 Å². The third kappa shape index (κ3) is 5.95. The van der Waals surface area contributed by atoms with Crippen LogP contribution in [-0.2, 0) is 16.8 Å². The van der Waals surface area contributed by atoms with E-state index < -0.39 is 6.03 Å². The summed E-state index contributed by atoms with van der Waals surface area (Å²) in [6.07, 6.45) is 0. The average Bonchev–Trinajstić information content (AvgIpc) is 2.37.